The van der Waals surface area contributed by atoms with Gasteiger partial charge in [0.15, 0.2) is 5.17 Å². The summed E-state index contributed by atoms with van der Waals surface area (Å²) < 4.78 is 18.3. The fourth-order valence-electron chi connectivity index (χ4n) is 1.69. The van der Waals surface area contributed by atoms with Gasteiger partial charge in [-0.05, 0) is 17.7 Å². The Morgan fingerprint density at radius 2 is 2.05 bits per heavy atom. The van der Waals surface area contributed by atoms with E-state index in [0.717, 1.165) is 11.3 Å². The quantitative estimate of drug-likeness (QED) is 0.522. The Labute approximate surface area is 132 Å². The molecule has 0 aliphatic carbocycles. The minimum Gasteiger partial charge on any atom is -0.497 e. The lowest BCUT2D eigenvalue weighted by atomic mass is 10.2. The van der Waals surface area contributed by atoms with E-state index in [1.807, 2.05) is 30.3 Å². The zero-order valence-electron chi connectivity index (χ0n) is 12.1. The first-order valence-corrected chi connectivity index (χ1v) is 7.54. The number of thioether (sulfide) groups is 1. The van der Waals surface area contributed by atoms with E-state index in [2.05, 4.69) is 10.2 Å². The molecule has 0 aliphatic heterocycles. The highest BCUT2D eigenvalue weighted by atomic mass is 32.2. The van der Waals surface area contributed by atoms with Crippen molar-refractivity contribution < 1.29 is 9.13 Å². The van der Waals surface area contributed by atoms with Crippen molar-refractivity contribution in [2.45, 2.75) is 5.75 Å². The Morgan fingerprint density at radius 3 is 2.77 bits per heavy atom. The molecular formula is C16H16FN3OS. The topological polar surface area (TPSA) is 60.0 Å². The highest BCUT2D eigenvalue weighted by Gasteiger charge is 1.99. The molecule has 22 heavy (non-hydrogen) atoms. The van der Waals surface area contributed by atoms with E-state index in [4.69, 9.17) is 10.5 Å². The highest BCUT2D eigenvalue weighted by molar-refractivity contribution is 8.13. The maximum Gasteiger partial charge on any atom is 0.180 e. The summed E-state index contributed by atoms with van der Waals surface area (Å²) >= 11 is 1.39. The van der Waals surface area contributed by atoms with Gasteiger partial charge in [-0.3, -0.25) is 0 Å². The molecule has 0 radical (unpaired) electrons. The number of ether oxygens (including phenoxy) is 1. The van der Waals surface area contributed by atoms with Gasteiger partial charge in [0.2, 0.25) is 0 Å². The number of hydrogen-bond donors (Lipinski definition) is 1. The molecule has 0 aromatic heterocycles. The maximum absolute atomic E-state index is 13.3. The van der Waals surface area contributed by atoms with Crippen molar-refractivity contribution in [3.63, 3.8) is 0 Å². The molecular weight excluding hydrogens is 301 g/mol. The van der Waals surface area contributed by atoms with E-state index in [0.29, 0.717) is 16.5 Å². The third-order valence-corrected chi connectivity index (χ3v) is 3.58. The molecule has 0 heterocycles. The van der Waals surface area contributed by atoms with Crippen LogP contribution in [0.3, 0.4) is 0 Å². The zero-order chi connectivity index (χ0) is 15.8. The van der Waals surface area contributed by atoms with Crippen molar-refractivity contribution in [2.75, 3.05) is 7.11 Å². The summed E-state index contributed by atoms with van der Waals surface area (Å²) in [6.45, 7) is 0. The molecule has 0 aliphatic rings. The second-order valence-corrected chi connectivity index (χ2v) is 5.38. The first-order valence-electron chi connectivity index (χ1n) is 6.55. The number of nitrogens with zero attached hydrogens (tertiary/aromatic N) is 2. The SMILES string of the molecule is COc1cc(F)cc(C=NN=C(N)SCc2ccccc2)c1. The molecule has 6 heteroatoms. The van der Waals surface area contributed by atoms with Crippen LogP contribution < -0.4 is 10.5 Å². The smallest absolute Gasteiger partial charge is 0.180 e. The molecule has 0 atom stereocenters. The van der Waals surface area contributed by atoms with Crippen molar-refractivity contribution in [2.24, 2.45) is 15.9 Å². The molecule has 2 rings (SSSR count). The molecule has 2 aromatic rings. The van der Waals surface area contributed by atoms with E-state index in [1.54, 1.807) is 6.07 Å². The molecule has 2 N–H and O–H groups in total. The highest BCUT2D eigenvalue weighted by Crippen LogP contribution is 2.15. The van der Waals surface area contributed by atoms with E-state index >= 15 is 0 Å². The minimum atomic E-state index is -0.392. The lowest BCUT2D eigenvalue weighted by molar-refractivity contribution is 0.411. The monoisotopic (exact) mass is 317 g/mol. The number of hydrogen-bond acceptors (Lipinski definition) is 4. The third kappa shape index (κ3) is 5.21. The number of rotatable bonds is 5. The normalized spacial score (nSPS) is 11.8. The fraction of sp³-hybridized carbons (Fsp3) is 0.125. The summed E-state index contributed by atoms with van der Waals surface area (Å²) in [5.74, 6) is 0.757. The molecule has 0 bridgehead atoms. The van der Waals surface area contributed by atoms with Gasteiger partial charge in [0.1, 0.15) is 11.6 Å². The number of amidine groups is 1. The van der Waals surface area contributed by atoms with Crippen molar-refractivity contribution in [3.05, 3.63) is 65.5 Å². The predicted octanol–water partition coefficient (Wildman–Crippen LogP) is 3.42. The number of halogens is 1. The van der Waals surface area contributed by atoms with Gasteiger partial charge in [0.25, 0.3) is 0 Å². The zero-order valence-corrected chi connectivity index (χ0v) is 12.9. The van der Waals surface area contributed by atoms with Gasteiger partial charge in [-0.25, -0.2) is 4.39 Å². The number of benzene rings is 2. The minimum absolute atomic E-state index is 0.350. The summed E-state index contributed by atoms with van der Waals surface area (Å²) in [6, 6.07) is 14.2. The van der Waals surface area contributed by atoms with Gasteiger partial charge in [0.05, 0.1) is 13.3 Å². The summed E-state index contributed by atoms with van der Waals surface area (Å²) in [6.07, 6.45) is 1.43. The lowest BCUT2D eigenvalue weighted by Gasteiger charge is -2.01. The molecule has 0 saturated carbocycles. The van der Waals surface area contributed by atoms with Crippen LogP contribution in [-0.4, -0.2) is 18.5 Å². The molecule has 0 spiro atoms. The summed E-state index contributed by atoms with van der Waals surface area (Å²) in [5.41, 5.74) is 7.49. The Balaban J connectivity index is 1.94. The molecule has 4 nitrogen and oxygen atoms in total. The Bertz CT molecular complexity index is 674. The van der Waals surface area contributed by atoms with Crippen molar-refractivity contribution >= 4 is 23.1 Å². The second-order valence-electron chi connectivity index (χ2n) is 4.38. The number of nitrogens with two attached hydrogens (primary N) is 1. The van der Waals surface area contributed by atoms with Gasteiger partial charge in [-0.15, -0.1) is 5.10 Å². The molecule has 0 fully saturated rings. The van der Waals surface area contributed by atoms with E-state index in [-0.39, 0.29) is 0 Å². The summed E-state index contributed by atoms with van der Waals surface area (Å²) in [7, 11) is 1.48. The van der Waals surface area contributed by atoms with Crippen LogP contribution in [0.5, 0.6) is 5.75 Å². The standard InChI is InChI=1S/C16H16FN3OS/c1-21-15-8-13(7-14(17)9-15)10-19-20-16(18)22-11-12-5-3-2-4-6-12/h2-10H,11H2,1H3,(H2,18,20). The van der Waals surface area contributed by atoms with Crippen LogP contribution in [0.15, 0.2) is 58.7 Å². The molecule has 0 saturated heterocycles. The third-order valence-electron chi connectivity index (χ3n) is 2.72. The van der Waals surface area contributed by atoms with E-state index < -0.39 is 5.82 Å². The van der Waals surface area contributed by atoms with Gasteiger partial charge in [0, 0.05) is 17.4 Å². The Kier molecular flexibility index (Phi) is 5.97. The van der Waals surface area contributed by atoms with Gasteiger partial charge in [-0.1, -0.05) is 42.1 Å². The van der Waals surface area contributed by atoms with Crippen LogP contribution in [0.25, 0.3) is 0 Å². The van der Waals surface area contributed by atoms with E-state index in [9.17, 15) is 4.39 Å². The van der Waals surface area contributed by atoms with Gasteiger partial charge in [-0.2, -0.15) is 5.10 Å². The second kappa shape index (κ2) is 8.19. The van der Waals surface area contributed by atoms with Crippen molar-refractivity contribution in [1.82, 2.24) is 0 Å². The summed E-state index contributed by atoms with van der Waals surface area (Å²) in [5, 5.41) is 8.10. The molecule has 114 valence electrons. The maximum atomic E-state index is 13.3. The predicted molar refractivity (Wildman–Crippen MR) is 89.9 cm³/mol. The van der Waals surface area contributed by atoms with Crippen LogP contribution in [0.1, 0.15) is 11.1 Å². The average Bonchev–Trinajstić information content (AvgIpc) is 2.53. The first kappa shape index (κ1) is 16.0. The lowest BCUT2D eigenvalue weighted by Crippen LogP contribution is -2.06. The largest absolute Gasteiger partial charge is 0.497 e. The van der Waals surface area contributed by atoms with Crippen molar-refractivity contribution in [3.8, 4) is 5.75 Å². The number of methoxy groups -OCH3 is 1. The van der Waals surface area contributed by atoms with Crippen molar-refractivity contribution in [1.29, 1.82) is 0 Å². The van der Waals surface area contributed by atoms with Crippen LogP contribution >= 0.6 is 11.8 Å². The molecule has 0 amide bonds. The van der Waals surface area contributed by atoms with E-state index in [1.165, 1.54) is 37.2 Å². The van der Waals surface area contributed by atoms with Crippen LogP contribution in [-0.2, 0) is 5.75 Å². The Hall–Kier alpha value is -2.34. The molecule has 0 unspecified atom stereocenters. The van der Waals surface area contributed by atoms with Crippen LogP contribution in [0.4, 0.5) is 4.39 Å². The molecule has 2 aromatic carbocycles. The van der Waals surface area contributed by atoms with Gasteiger partial charge >= 0.3 is 0 Å². The van der Waals surface area contributed by atoms with Crippen LogP contribution in [0.2, 0.25) is 0 Å². The first-order chi connectivity index (χ1) is 10.7. The fourth-order valence-corrected chi connectivity index (χ4v) is 2.30. The van der Waals surface area contributed by atoms with Crippen LogP contribution in [0, 0.1) is 5.82 Å². The summed E-state index contributed by atoms with van der Waals surface area (Å²) in [4.78, 5) is 0. The average molecular weight is 317 g/mol. The van der Waals surface area contributed by atoms with Gasteiger partial charge < -0.3 is 10.5 Å². The Morgan fingerprint density at radius 1 is 1.27 bits per heavy atom.